The van der Waals surface area contributed by atoms with E-state index >= 15 is 0 Å². The molecule has 0 aliphatic carbocycles. The van der Waals surface area contributed by atoms with Crippen LogP contribution in [0.2, 0.25) is 0 Å². The third kappa shape index (κ3) is 2.92. The van der Waals surface area contributed by atoms with E-state index in [2.05, 4.69) is 9.97 Å². The highest BCUT2D eigenvalue weighted by Crippen LogP contribution is 2.08. The van der Waals surface area contributed by atoms with E-state index in [0.29, 0.717) is 24.6 Å². The normalized spacial score (nSPS) is 10.5. The molecule has 0 fully saturated rings. The van der Waals surface area contributed by atoms with Crippen LogP contribution < -0.4 is 11.5 Å². The number of rotatable bonds is 5. The van der Waals surface area contributed by atoms with Crippen molar-refractivity contribution in [1.29, 1.82) is 0 Å². The van der Waals surface area contributed by atoms with Crippen molar-refractivity contribution < 1.29 is 4.79 Å². The highest BCUT2D eigenvalue weighted by Gasteiger charge is 2.10. The number of carbonyl (C=O) groups excluding carboxylic acids is 1. The smallest absolute Gasteiger partial charge is 0.187 e. The summed E-state index contributed by atoms with van der Waals surface area (Å²) < 4.78 is 1.80. The Morgan fingerprint density at radius 3 is 2.94 bits per heavy atom. The van der Waals surface area contributed by atoms with E-state index < -0.39 is 0 Å². The molecule has 0 saturated heterocycles. The molecule has 0 aliphatic rings. The van der Waals surface area contributed by atoms with Crippen LogP contribution in [-0.2, 0) is 13.0 Å². The molecule has 2 heterocycles. The van der Waals surface area contributed by atoms with Gasteiger partial charge < -0.3 is 16.0 Å². The summed E-state index contributed by atoms with van der Waals surface area (Å²) in [5.41, 5.74) is 12.3. The van der Waals surface area contributed by atoms with Crippen LogP contribution in [-0.4, -0.2) is 26.9 Å². The molecule has 6 nitrogen and oxygen atoms in total. The zero-order valence-corrected chi connectivity index (χ0v) is 9.91. The lowest BCUT2D eigenvalue weighted by Crippen LogP contribution is -2.08. The Morgan fingerprint density at radius 2 is 2.22 bits per heavy atom. The van der Waals surface area contributed by atoms with Gasteiger partial charge in [0.05, 0.1) is 6.33 Å². The van der Waals surface area contributed by atoms with Crippen LogP contribution in [0.15, 0.2) is 30.9 Å². The first-order valence-electron chi connectivity index (χ1n) is 5.64. The second kappa shape index (κ2) is 5.42. The van der Waals surface area contributed by atoms with Crippen LogP contribution in [0.4, 0.5) is 5.82 Å². The van der Waals surface area contributed by atoms with Crippen molar-refractivity contribution in [3.63, 3.8) is 0 Å². The number of nitrogens with two attached hydrogens (primary N) is 2. The lowest BCUT2D eigenvalue weighted by molar-refractivity contribution is 0.0988. The number of pyridine rings is 1. The number of imidazole rings is 1. The van der Waals surface area contributed by atoms with Crippen molar-refractivity contribution >= 4 is 11.6 Å². The Balaban J connectivity index is 2.07. The van der Waals surface area contributed by atoms with Gasteiger partial charge in [-0.1, -0.05) is 0 Å². The molecule has 2 aromatic rings. The summed E-state index contributed by atoms with van der Waals surface area (Å²) in [6, 6.07) is 3.46. The van der Waals surface area contributed by atoms with Crippen molar-refractivity contribution in [3.8, 4) is 0 Å². The van der Waals surface area contributed by atoms with Gasteiger partial charge in [-0.25, -0.2) is 9.97 Å². The van der Waals surface area contributed by atoms with Crippen LogP contribution in [0.5, 0.6) is 0 Å². The summed E-state index contributed by atoms with van der Waals surface area (Å²) in [4.78, 5) is 19.9. The molecule has 2 aromatic heterocycles. The molecular formula is C12H15N5O. The topological polar surface area (TPSA) is 99.8 Å². The standard InChI is InChI=1S/C12H15N5O/c13-2-4-17-7-10(16-8-17)11(18)5-9-1-3-15-12(14)6-9/h1,3,6-8H,2,4-5,13H2,(H2,14,15). The van der Waals surface area contributed by atoms with Crippen LogP contribution >= 0.6 is 0 Å². The summed E-state index contributed by atoms with van der Waals surface area (Å²) in [5.74, 6) is 0.366. The lowest BCUT2D eigenvalue weighted by atomic mass is 10.1. The summed E-state index contributed by atoms with van der Waals surface area (Å²) in [6.45, 7) is 1.17. The average Bonchev–Trinajstić information content (AvgIpc) is 2.78. The van der Waals surface area contributed by atoms with Crippen LogP contribution in [0.1, 0.15) is 16.1 Å². The minimum atomic E-state index is -0.0450. The monoisotopic (exact) mass is 245 g/mol. The van der Waals surface area contributed by atoms with Gasteiger partial charge in [-0.15, -0.1) is 0 Å². The maximum absolute atomic E-state index is 12.0. The molecule has 94 valence electrons. The van der Waals surface area contributed by atoms with Gasteiger partial charge >= 0.3 is 0 Å². The maximum atomic E-state index is 12.0. The second-order valence-electron chi connectivity index (χ2n) is 3.97. The van der Waals surface area contributed by atoms with E-state index in [1.54, 1.807) is 35.4 Å². The number of anilines is 1. The van der Waals surface area contributed by atoms with Gasteiger partial charge in [0.2, 0.25) is 0 Å². The molecule has 0 amide bonds. The predicted molar refractivity (Wildman–Crippen MR) is 68.0 cm³/mol. The Kier molecular flexibility index (Phi) is 3.69. The third-order valence-electron chi connectivity index (χ3n) is 2.52. The zero-order valence-electron chi connectivity index (χ0n) is 9.91. The van der Waals surface area contributed by atoms with Crippen molar-refractivity contribution in [2.75, 3.05) is 12.3 Å². The van der Waals surface area contributed by atoms with Crippen molar-refractivity contribution in [1.82, 2.24) is 14.5 Å². The van der Waals surface area contributed by atoms with Gasteiger partial charge in [-0.3, -0.25) is 4.79 Å². The fourth-order valence-electron chi connectivity index (χ4n) is 1.66. The largest absolute Gasteiger partial charge is 0.384 e. The molecular weight excluding hydrogens is 230 g/mol. The molecule has 0 unspecified atom stereocenters. The molecule has 0 spiro atoms. The number of ketones is 1. The van der Waals surface area contributed by atoms with E-state index in [1.807, 2.05) is 0 Å². The second-order valence-corrected chi connectivity index (χ2v) is 3.97. The van der Waals surface area contributed by atoms with Crippen LogP contribution in [0.25, 0.3) is 0 Å². The number of carbonyl (C=O) groups is 1. The fraction of sp³-hybridized carbons (Fsp3) is 0.250. The molecule has 4 N–H and O–H groups in total. The molecule has 0 bridgehead atoms. The van der Waals surface area contributed by atoms with E-state index in [9.17, 15) is 4.79 Å². The highest BCUT2D eigenvalue weighted by atomic mass is 16.1. The van der Waals surface area contributed by atoms with E-state index in [4.69, 9.17) is 11.5 Å². The molecule has 0 saturated carbocycles. The molecule has 6 heteroatoms. The number of nitrogen functional groups attached to an aromatic ring is 1. The zero-order chi connectivity index (χ0) is 13.0. The Morgan fingerprint density at radius 1 is 1.39 bits per heavy atom. The van der Waals surface area contributed by atoms with Gasteiger partial charge in [0.15, 0.2) is 5.78 Å². The first kappa shape index (κ1) is 12.3. The third-order valence-corrected chi connectivity index (χ3v) is 2.52. The molecule has 18 heavy (non-hydrogen) atoms. The predicted octanol–water partition coefficient (Wildman–Crippen LogP) is 0.244. The van der Waals surface area contributed by atoms with Gasteiger partial charge in [0, 0.05) is 31.9 Å². The highest BCUT2D eigenvalue weighted by molar-refractivity contribution is 5.95. The van der Waals surface area contributed by atoms with Crippen LogP contribution in [0, 0.1) is 0 Å². The SMILES string of the molecule is NCCn1cnc(C(=O)Cc2ccnc(N)c2)c1. The minimum Gasteiger partial charge on any atom is -0.384 e. The Bertz CT molecular complexity index is 549. The van der Waals surface area contributed by atoms with Crippen molar-refractivity contribution in [3.05, 3.63) is 42.1 Å². The molecule has 0 atom stereocenters. The summed E-state index contributed by atoms with van der Waals surface area (Å²) in [7, 11) is 0. The fourth-order valence-corrected chi connectivity index (χ4v) is 1.66. The molecule has 0 radical (unpaired) electrons. The van der Waals surface area contributed by atoms with Crippen molar-refractivity contribution in [2.24, 2.45) is 5.73 Å². The molecule has 0 aromatic carbocycles. The van der Waals surface area contributed by atoms with Gasteiger partial charge in [0.1, 0.15) is 11.5 Å². The Labute approximate surface area is 105 Å². The first-order chi connectivity index (χ1) is 8.69. The lowest BCUT2D eigenvalue weighted by Gasteiger charge is -2.00. The number of hydrogen-bond acceptors (Lipinski definition) is 5. The summed E-state index contributed by atoms with van der Waals surface area (Å²) in [6.07, 6.45) is 5.18. The number of nitrogens with zero attached hydrogens (tertiary/aromatic N) is 3. The van der Waals surface area contributed by atoms with E-state index in [-0.39, 0.29) is 12.2 Å². The van der Waals surface area contributed by atoms with Crippen LogP contribution in [0.3, 0.4) is 0 Å². The van der Waals surface area contributed by atoms with Gasteiger partial charge in [0.25, 0.3) is 0 Å². The summed E-state index contributed by atoms with van der Waals surface area (Å²) >= 11 is 0. The maximum Gasteiger partial charge on any atom is 0.187 e. The number of Topliss-reactive ketones (excluding diaryl/α,β-unsaturated/α-hetero) is 1. The van der Waals surface area contributed by atoms with E-state index in [1.165, 1.54) is 0 Å². The Hall–Kier alpha value is -2.21. The first-order valence-corrected chi connectivity index (χ1v) is 5.64. The summed E-state index contributed by atoms with van der Waals surface area (Å²) in [5, 5.41) is 0. The number of hydrogen-bond donors (Lipinski definition) is 2. The average molecular weight is 245 g/mol. The minimum absolute atomic E-state index is 0.0450. The molecule has 2 rings (SSSR count). The van der Waals surface area contributed by atoms with Gasteiger partial charge in [-0.2, -0.15) is 0 Å². The van der Waals surface area contributed by atoms with Crippen molar-refractivity contribution in [2.45, 2.75) is 13.0 Å². The molecule has 0 aliphatic heterocycles. The van der Waals surface area contributed by atoms with E-state index in [0.717, 1.165) is 5.56 Å². The van der Waals surface area contributed by atoms with Gasteiger partial charge in [-0.05, 0) is 17.7 Å². The quantitative estimate of drug-likeness (QED) is 0.735. The number of aromatic nitrogens is 3.